The van der Waals surface area contributed by atoms with E-state index in [-0.39, 0.29) is 26.2 Å². The Balaban J connectivity index is 3.63. The Morgan fingerprint density at radius 1 is 1.26 bits per heavy atom. The van der Waals surface area contributed by atoms with Crippen LogP contribution in [-0.4, -0.2) is 69.5 Å². The predicted molar refractivity (Wildman–Crippen MR) is 73.0 cm³/mol. The molecular formula is C11H19F3N2O6S. The van der Waals surface area contributed by atoms with Gasteiger partial charge in [-0.05, 0) is 6.42 Å². The largest absolute Gasteiger partial charge is 0.471 e. The SMILES string of the molecule is CS(=O)(=O)CC(=O)NCCCOCCC(O)NC(=O)C(F)(F)F. The number of aliphatic hydroxyl groups excluding tert-OH is 1. The molecule has 3 N–H and O–H groups in total. The van der Waals surface area contributed by atoms with Crippen LogP contribution in [0.3, 0.4) is 0 Å². The second kappa shape index (κ2) is 9.67. The predicted octanol–water partition coefficient (Wildman–Crippen LogP) is -1.06. The molecule has 0 fully saturated rings. The topological polar surface area (TPSA) is 122 Å². The number of alkyl halides is 3. The van der Waals surface area contributed by atoms with Gasteiger partial charge in [-0.3, -0.25) is 9.59 Å². The lowest BCUT2D eigenvalue weighted by Crippen LogP contribution is -2.43. The molecule has 0 aliphatic carbocycles. The van der Waals surface area contributed by atoms with Crippen molar-refractivity contribution in [1.82, 2.24) is 10.6 Å². The van der Waals surface area contributed by atoms with Crippen LogP contribution in [0.5, 0.6) is 0 Å². The molecule has 0 aliphatic heterocycles. The Hall–Kier alpha value is -1.40. The van der Waals surface area contributed by atoms with Gasteiger partial charge in [-0.25, -0.2) is 8.42 Å². The van der Waals surface area contributed by atoms with Crippen molar-refractivity contribution in [2.75, 3.05) is 31.8 Å². The lowest BCUT2D eigenvalue weighted by molar-refractivity contribution is -0.176. The Kier molecular flexibility index (Phi) is 9.09. The smallest absolute Gasteiger partial charge is 0.381 e. The standard InChI is InChI=1S/C11H19F3N2O6S/c1-23(20,21)7-9(18)15-4-2-5-22-6-3-8(17)16-10(19)11(12,13)14/h8,17H,2-7H2,1H3,(H,15,18)(H,16,19). The fourth-order valence-corrected chi connectivity index (χ4v) is 1.87. The molecule has 0 bridgehead atoms. The van der Waals surface area contributed by atoms with E-state index in [2.05, 4.69) is 5.32 Å². The summed E-state index contributed by atoms with van der Waals surface area (Å²) in [5.41, 5.74) is 0. The van der Waals surface area contributed by atoms with Gasteiger partial charge in [-0.1, -0.05) is 0 Å². The van der Waals surface area contributed by atoms with Crippen molar-refractivity contribution in [2.24, 2.45) is 0 Å². The highest BCUT2D eigenvalue weighted by Gasteiger charge is 2.39. The molecule has 0 aromatic carbocycles. The fraction of sp³-hybridized carbons (Fsp3) is 0.818. The van der Waals surface area contributed by atoms with Crippen LogP contribution in [0.1, 0.15) is 12.8 Å². The summed E-state index contributed by atoms with van der Waals surface area (Å²) in [6.45, 7) is 0.206. The quantitative estimate of drug-likeness (QED) is 0.336. The highest BCUT2D eigenvalue weighted by molar-refractivity contribution is 7.91. The van der Waals surface area contributed by atoms with Crippen LogP contribution in [0.25, 0.3) is 0 Å². The lowest BCUT2D eigenvalue weighted by Gasteiger charge is -2.14. The van der Waals surface area contributed by atoms with Gasteiger partial charge in [0, 0.05) is 25.8 Å². The fourth-order valence-electron chi connectivity index (χ4n) is 1.29. The van der Waals surface area contributed by atoms with Crippen molar-refractivity contribution in [3.8, 4) is 0 Å². The molecule has 0 aromatic heterocycles. The van der Waals surface area contributed by atoms with E-state index in [1.807, 2.05) is 0 Å². The van der Waals surface area contributed by atoms with Crippen molar-refractivity contribution in [1.29, 1.82) is 0 Å². The number of amides is 2. The number of aliphatic hydroxyl groups is 1. The molecule has 1 unspecified atom stereocenters. The maximum absolute atomic E-state index is 11.9. The third kappa shape index (κ3) is 12.8. The minimum atomic E-state index is -5.06. The number of sulfone groups is 1. The first-order valence-corrected chi connectivity index (χ1v) is 8.56. The van der Waals surface area contributed by atoms with Crippen LogP contribution in [0.2, 0.25) is 0 Å². The number of nitrogens with one attached hydrogen (secondary N) is 2. The summed E-state index contributed by atoms with van der Waals surface area (Å²) in [6.07, 6.45) is -5.70. The number of ether oxygens (including phenoxy) is 1. The van der Waals surface area contributed by atoms with Crippen LogP contribution in [0.4, 0.5) is 13.2 Å². The summed E-state index contributed by atoms with van der Waals surface area (Å²) >= 11 is 0. The van der Waals surface area contributed by atoms with Crippen LogP contribution in [-0.2, 0) is 24.2 Å². The van der Waals surface area contributed by atoms with Crippen molar-refractivity contribution in [3.63, 3.8) is 0 Å². The number of hydrogen-bond acceptors (Lipinski definition) is 6. The Bertz CT molecular complexity index is 494. The molecule has 2 amide bonds. The molecule has 8 nitrogen and oxygen atoms in total. The molecule has 0 spiro atoms. The van der Waals surface area contributed by atoms with Crippen molar-refractivity contribution >= 4 is 21.7 Å². The van der Waals surface area contributed by atoms with E-state index in [9.17, 15) is 31.2 Å². The summed E-state index contributed by atoms with van der Waals surface area (Å²) in [7, 11) is -3.39. The van der Waals surface area contributed by atoms with E-state index in [0.29, 0.717) is 6.42 Å². The molecular weight excluding hydrogens is 345 g/mol. The second-order valence-corrected chi connectivity index (χ2v) is 6.80. The summed E-state index contributed by atoms with van der Waals surface area (Å²) < 4.78 is 62.2. The van der Waals surface area contributed by atoms with E-state index >= 15 is 0 Å². The van der Waals surface area contributed by atoms with Gasteiger partial charge in [-0.15, -0.1) is 0 Å². The van der Waals surface area contributed by atoms with Crippen LogP contribution >= 0.6 is 0 Å². The average Bonchev–Trinajstić information content (AvgIpc) is 2.34. The van der Waals surface area contributed by atoms with E-state index in [4.69, 9.17) is 9.84 Å². The van der Waals surface area contributed by atoms with Gasteiger partial charge < -0.3 is 20.5 Å². The van der Waals surface area contributed by atoms with Crippen molar-refractivity contribution in [2.45, 2.75) is 25.2 Å². The maximum Gasteiger partial charge on any atom is 0.471 e. The maximum atomic E-state index is 11.9. The van der Waals surface area contributed by atoms with E-state index in [1.165, 1.54) is 5.32 Å². The third-order valence-corrected chi connectivity index (χ3v) is 3.06. The molecule has 0 saturated heterocycles. The first-order valence-electron chi connectivity index (χ1n) is 6.50. The zero-order valence-corrected chi connectivity index (χ0v) is 13.2. The molecule has 0 saturated carbocycles. The normalized spacial score (nSPS) is 13.4. The van der Waals surface area contributed by atoms with Crippen molar-refractivity contribution in [3.05, 3.63) is 0 Å². The first-order chi connectivity index (χ1) is 10.4. The van der Waals surface area contributed by atoms with Gasteiger partial charge in [0.25, 0.3) is 0 Å². The lowest BCUT2D eigenvalue weighted by atomic mass is 10.4. The van der Waals surface area contributed by atoms with Gasteiger partial charge in [-0.2, -0.15) is 13.2 Å². The minimum Gasteiger partial charge on any atom is -0.381 e. The summed E-state index contributed by atoms with van der Waals surface area (Å²) in [6, 6.07) is 0. The highest BCUT2D eigenvalue weighted by atomic mass is 32.2. The molecule has 0 rings (SSSR count). The summed E-state index contributed by atoms with van der Waals surface area (Å²) in [5, 5.41) is 12.8. The molecule has 1 atom stereocenters. The Labute approximate surface area is 131 Å². The Morgan fingerprint density at radius 3 is 2.39 bits per heavy atom. The third-order valence-electron chi connectivity index (χ3n) is 2.27. The van der Waals surface area contributed by atoms with Crippen LogP contribution in [0.15, 0.2) is 0 Å². The zero-order chi connectivity index (χ0) is 18.1. The first kappa shape index (κ1) is 21.6. The highest BCUT2D eigenvalue weighted by Crippen LogP contribution is 2.14. The second-order valence-electron chi connectivity index (χ2n) is 4.66. The van der Waals surface area contributed by atoms with E-state index in [0.717, 1.165) is 6.26 Å². The van der Waals surface area contributed by atoms with E-state index < -0.39 is 39.8 Å². The van der Waals surface area contributed by atoms with Crippen molar-refractivity contribution < 1.29 is 41.0 Å². The van der Waals surface area contributed by atoms with Crippen LogP contribution in [0, 0.1) is 0 Å². The van der Waals surface area contributed by atoms with Gasteiger partial charge in [0.15, 0.2) is 9.84 Å². The molecule has 0 aromatic rings. The molecule has 23 heavy (non-hydrogen) atoms. The van der Waals surface area contributed by atoms with Gasteiger partial charge >= 0.3 is 12.1 Å². The summed E-state index contributed by atoms with van der Waals surface area (Å²) in [5.74, 6) is -3.49. The number of rotatable bonds is 10. The molecule has 12 heteroatoms. The minimum absolute atomic E-state index is 0.101. The van der Waals surface area contributed by atoms with Gasteiger partial charge in [0.2, 0.25) is 5.91 Å². The number of hydrogen-bond donors (Lipinski definition) is 3. The molecule has 0 heterocycles. The summed E-state index contributed by atoms with van der Waals surface area (Å²) in [4.78, 5) is 21.6. The molecule has 0 aliphatic rings. The number of halogens is 3. The van der Waals surface area contributed by atoms with Gasteiger partial charge in [0.05, 0.1) is 6.61 Å². The monoisotopic (exact) mass is 364 g/mol. The zero-order valence-electron chi connectivity index (χ0n) is 12.4. The van der Waals surface area contributed by atoms with E-state index in [1.54, 1.807) is 0 Å². The number of carbonyl (C=O) groups excluding carboxylic acids is 2. The Morgan fingerprint density at radius 2 is 1.87 bits per heavy atom. The number of carbonyl (C=O) groups is 2. The average molecular weight is 364 g/mol. The van der Waals surface area contributed by atoms with Gasteiger partial charge in [0.1, 0.15) is 12.0 Å². The van der Waals surface area contributed by atoms with Crippen LogP contribution < -0.4 is 10.6 Å². The molecule has 0 radical (unpaired) electrons. The molecule has 136 valence electrons.